The van der Waals surface area contributed by atoms with Crippen LogP contribution in [0.1, 0.15) is 80.1 Å². The normalized spacial score (nSPS) is 10.3. The third kappa shape index (κ3) is 10.1. The molecule has 0 aliphatic carbocycles. The second-order valence-corrected chi connectivity index (χ2v) is 4.31. The van der Waals surface area contributed by atoms with Crippen molar-refractivity contribution in [3.63, 3.8) is 0 Å². The summed E-state index contributed by atoms with van der Waals surface area (Å²) < 4.78 is 0. The lowest BCUT2D eigenvalue weighted by Crippen LogP contribution is -2.05. The van der Waals surface area contributed by atoms with Gasteiger partial charge in [-0.1, -0.05) is 73.6 Å². The van der Waals surface area contributed by atoms with Gasteiger partial charge in [-0.2, -0.15) is 0 Å². The molecule has 0 radical (unpaired) electrons. The molecule has 88 valence electrons. The zero-order valence-electron chi connectivity index (χ0n) is 11.4. The van der Waals surface area contributed by atoms with Gasteiger partial charge in [-0.25, -0.2) is 0 Å². The van der Waals surface area contributed by atoms with Gasteiger partial charge < -0.3 is 0 Å². The second-order valence-electron chi connectivity index (χ2n) is 4.31. The Morgan fingerprint density at radius 1 is 0.571 bits per heavy atom. The molecule has 0 saturated heterocycles. The second kappa shape index (κ2) is 13.0. The van der Waals surface area contributed by atoms with Crippen LogP contribution in [0.25, 0.3) is 0 Å². The van der Waals surface area contributed by atoms with Gasteiger partial charge in [0.15, 0.2) is 0 Å². The summed E-state index contributed by atoms with van der Waals surface area (Å²) in [6.07, 6.45) is 8.18. The van der Waals surface area contributed by atoms with Gasteiger partial charge in [0, 0.05) is 0 Å². The highest BCUT2D eigenvalue weighted by molar-refractivity contribution is 4.61. The molecular formula is C14H32. The molecule has 0 amide bonds. The molecule has 0 aromatic rings. The molecule has 0 atom stereocenters. The predicted molar refractivity (Wildman–Crippen MR) is 68.7 cm³/mol. The maximum Gasteiger partial charge on any atom is -0.0417 e. The first-order valence-corrected chi connectivity index (χ1v) is 6.69. The molecule has 14 heavy (non-hydrogen) atoms. The molecule has 0 unspecified atom stereocenters. The highest BCUT2D eigenvalue weighted by Gasteiger charge is 2.09. The van der Waals surface area contributed by atoms with Gasteiger partial charge in [-0.3, -0.25) is 0 Å². The van der Waals surface area contributed by atoms with Crippen LogP contribution >= 0.6 is 0 Å². The molecule has 0 aromatic carbocycles. The fourth-order valence-electron chi connectivity index (χ4n) is 1.72. The van der Waals surface area contributed by atoms with Gasteiger partial charge in [0.05, 0.1) is 0 Å². The Hall–Kier alpha value is 0. The van der Waals surface area contributed by atoms with Crippen LogP contribution in [0.3, 0.4) is 0 Å². The molecule has 0 spiro atoms. The highest BCUT2D eigenvalue weighted by Crippen LogP contribution is 2.23. The first-order chi connectivity index (χ1) is 6.69. The lowest BCUT2D eigenvalue weighted by Gasteiger charge is -2.18. The van der Waals surface area contributed by atoms with Crippen LogP contribution < -0.4 is 0 Å². The molecule has 0 aromatic heterocycles. The Labute approximate surface area is 92.5 Å². The average Bonchev–Trinajstić information content (AvgIpc) is 2.21. The summed E-state index contributed by atoms with van der Waals surface area (Å²) in [5, 5.41) is 0. The van der Waals surface area contributed by atoms with Gasteiger partial charge in [-0.05, 0) is 18.3 Å². The topological polar surface area (TPSA) is 0 Å². The summed E-state index contributed by atoms with van der Waals surface area (Å²) in [4.78, 5) is 0. The predicted octanol–water partition coefficient (Wildman–Crippen LogP) is 5.67. The van der Waals surface area contributed by atoms with Crippen molar-refractivity contribution in [2.24, 2.45) is 11.8 Å². The Kier molecular flexibility index (Phi) is 15.3. The summed E-state index contributed by atoms with van der Waals surface area (Å²) in [6.45, 7) is 13.5. The van der Waals surface area contributed by atoms with Crippen LogP contribution in [-0.4, -0.2) is 0 Å². The van der Waals surface area contributed by atoms with Crippen molar-refractivity contribution in [2.75, 3.05) is 0 Å². The van der Waals surface area contributed by atoms with Gasteiger partial charge >= 0.3 is 0 Å². The third-order valence-corrected chi connectivity index (χ3v) is 2.98. The molecule has 0 heterocycles. The van der Waals surface area contributed by atoms with Crippen molar-refractivity contribution in [2.45, 2.75) is 80.1 Å². The van der Waals surface area contributed by atoms with E-state index in [2.05, 4.69) is 41.5 Å². The van der Waals surface area contributed by atoms with Crippen LogP contribution in [0.2, 0.25) is 0 Å². The van der Waals surface area contributed by atoms with Crippen molar-refractivity contribution in [3.8, 4) is 0 Å². The molecule has 0 rings (SSSR count). The Bertz CT molecular complexity index is 68.0. The quantitative estimate of drug-likeness (QED) is 0.518. The molecule has 0 fully saturated rings. The lowest BCUT2D eigenvalue weighted by molar-refractivity contribution is 0.338. The number of hydrogen-bond donors (Lipinski definition) is 0. The van der Waals surface area contributed by atoms with Crippen LogP contribution in [0.15, 0.2) is 0 Å². The van der Waals surface area contributed by atoms with Crippen molar-refractivity contribution >= 4 is 0 Å². The van der Waals surface area contributed by atoms with E-state index in [-0.39, 0.29) is 0 Å². The minimum Gasteiger partial charge on any atom is -0.0656 e. The van der Waals surface area contributed by atoms with Crippen molar-refractivity contribution in [1.82, 2.24) is 0 Å². The van der Waals surface area contributed by atoms with Crippen molar-refractivity contribution in [1.29, 1.82) is 0 Å². The average molecular weight is 200 g/mol. The molecular weight excluding hydrogens is 168 g/mol. The first kappa shape index (κ1) is 16.4. The van der Waals surface area contributed by atoms with Crippen molar-refractivity contribution in [3.05, 3.63) is 0 Å². The van der Waals surface area contributed by atoms with E-state index >= 15 is 0 Å². The number of rotatable bonds is 6. The van der Waals surface area contributed by atoms with Crippen LogP contribution in [0.4, 0.5) is 0 Å². The van der Waals surface area contributed by atoms with Crippen molar-refractivity contribution < 1.29 is 0 Å². The summed E-state index contributed by atoms with van der Waals surface area (Å²) in [5.41, 5.74) is 0. The fraction of sp³-hybridized carbons (Fsp3) is 1.00. The van der Waals surface area contributed by atoms with Gasteiger partial charge in [0.2, 0.25) is 0 Å². The Morgan fingerprint density at radius 3 is 0.929 bits per heavy atom. The van der Waals surface area contributed by atoms with E-state index in [1.807, 2.05) is 0 Å². The number of hydrogen-bond acceptors (Lipinski definition) is 0. The smallest absolute Gasteiger partial charge is 0.0417 e. The van der Waals surface area contributed by atoms with Crippen LogP contribution in [0.5, 0.6) is 0 Å². The standard InChI is InChI=1S/C11H24.C3H8/c1-5-10(6-2)9-11(7-3)8-4;1-3-2/h10-11H,5-9H2,1-4H3;3H2,1-2H3. The van der Waals surface area contributed by atoms with E-state index in [1.165, 1.54) is 38.5 Å². The van der Waals surface area contributed by atoms with Crippen LogP contribution in [0, 0.1) is 11.8 Å². The van der Waals surface area contributed by atoms with Gasteiger partial charge in [-0.15, -0.1) is 0 Å². The van der Waals surface area contributed by atoms with E-state index < -0.39 is 0 Å². The minimum atomic E-state index is 0.986. The molecule has 0 saturated carbocycles. The third-order valence-electron chi connectivity index (χ3n) is 2.98. The molecule has 0 aliphatic heterocycles. The summed E-state index contributed by atoms with van der Waals surface area (Å²) in [6, 6.07) is 0. The molecule has 0 aliphatic rings. The lowest BCUT2D eigenvalue weighted by atomic mass is 9.88. The Balaban J connectivity index is 0. The first-order valence-electron chi connectivity index (χ1n) is 6.69. The van der Waals surface area contributed by atoms with Gasteiger partial charge in [0.25, 0.3) is 0 Å². The monoisotopic (exact) mass is 200 g/mol. The fourth-order valence-corrected chi connectivity index (χ4v) is 1.72. The van der Waals surface area contributed by atoms with E-state index in [9.17, 15) is 0 Å². The minimum absolute atomic E-state index is 0.986. The summed E-state index contributed by atoms with van der Waals surface area (Å²) in [7, 11) is 0. The van der Waals surface area contributed by atoms with Crippen LogP contribution in [-0.2, 0) is 0 Å². The summed E-state index contributed by atoms with van der Waals surface area (Å²) in [5.74, 6) is 1.97. The van der Waals surface area contributed by atoms with Gasteiger partial charge in [0.1, 0.15) is 0 Å². The maximum atomic E-state index is 2.32. The molecule has 0 nitrogen and oxygen atoms in total. The van der Waals surface area contributed by atoms with E-state index in [1.54, 1.807) is 0 Å². The van der Waals surface area contributed by atoms with E-state index in [0.29, 0.717) is 0 Å². The summed E-state index contributed by atoms with van der Waals surface area (Å²) >= 11 is 0. The largest absolute Gasteiger partial charge is 0.0656 e. The Morgan fingerprint density at radius 2 is 0.786 bits per heavy atom. The maximum absolute atomic E-state index is 2.32. The molecule has 0 bridgehead atoms. The molecule has 0 heteroatoms. The van der Waals surface area contributed by atoms with E-state index in [0.717, 1.165) is 11.8 Å². The molecule has 0 N–H and O–H groups in total. The zero-order valence-corrected chi connectivity index (χ0v) is 11.4. The SMILES string of the molecule is CCC.CCC(CC)CC(CC)CC. The zero-order chi connectivity index (χ0) is 11.4. The van der Waals surface area contributed by atoms with E-state index in [4.69, 9.17) is 0 Å². The highest BCUT2D eigenvalue weighted by atomic mass is 14.2.